The molecule has 4 aromatic rings. The Morgan fingerprint density at radius 3 is 2.46 bits per heavy atom. The molecule has 0 atom stereocenters. The highest BCUT2D eigenvalue weighted by molar-refractivity contribution is 5.97. The van der Waals surface area contributed by atoms with Crippen molar-refractivity contribution in [2.45, 2.75) is 6.18 Å². The summed E-state index contributed by atoms with van der Waals surface area (Å²) < 4.78 is 40.9. The highest BCUT2D eigenvalue weighted by Gasteiger charge is 2.33. The van der Waals surface area contributed by atoms with Crippen molar-refractivity contribution in [3.05, 3.63) is 64.8 Å². The van der Waals surface area contributed by atoms with E-state index in [0.717, 1.165) is 10.6 Å². The summed E-state index contributed by atoms with van der Waals surface area (Å²) in [4.78, 5) is 19.9. The molecule has 0 aliphatic heterocycles. The number of rotatable bonds is 3. The van der Waals surface area contributed by atoms with Gasteiger partial charge in [-0.15, -0.1) is 10.2 Å². The standard InChI is InChI=1S/C18H13F3N6O/c1-22-14-11-7-8-12(18(19,20)21)25-16(11)27(10-5-3-2-4-6-10)17(28)13(14)15-23-9-24-26-15/h2-9,22H,1H3,(H,23,24,26). The van der Waals surface area contributed by atoms with E-state index in [4.69, 9.17) is 0 Å². The van der Waals surface area contributed by atoms with Crippen molar-refractivity contribution < 1.29 is 13.2 Å². The Labute approximate surface area is 155 Å². The van der Waals surface area contributed by atoms with E-state index in [9.17, 15) is 18.0 Å². The predicted molar refractivity (Wildman–Crippen MR) is 97.3 cm³/mol. The topological polar surface area (TPSA) is 88.5 Å². The third-order valence-corrected chi connectivity index (χ3v) is 4.23. The fraction of sp³-hybridized carbons (Fsp3) is 0.111. The van der Waals surface area contributed by atoms with Crippen molar-refractivity contribution in [3.8, 4) is 17.1 Å². The second-order valence-electron chi connectivity index (χ2n) is 5.88. The predicted octanol–water partition coefficient (Wildman–Crippen LogP) is 3.23. The molecule has 7 nitrogen and oxygen atoms in total. The molecule has 10 heteroatoms. The van der Waals surface area contributed by atoms with Crippen LogP contribution in [0, 0.1) is 0 Å². The van der Waals surface area contributed by atoms with Crippen LogP contribution in [-0.4, -0.2) is 31.8 Å². The first-order valence-corrected chi connectivity index (χ1v) is 8.18. The second-order valence-corrected chi connectivity index (χ2v) is 5.88. The monoisotopic (exact) mass is 386 g/mol. The van der Waals surface area contributed by atoms with Crippen LogP contribution in [0.15, 0.2) is 53.6 Å². The molecule has 142 valence electrons. The molecule has 28 heavy (non-hydrogen) atoms. The maximum atomic E-state index is 13.3. The number of aromatic amines is 1. The fourth-order valence-corrected chi connectivity index (χ4v) is 3.05. The highest BCUT2D eigenvalue weighted by atomic mass is 19.4. The molecular formula is C18H13F3N6O. The zero-order chi connectivity index (χ0) is 19.9. The van der Waals surface area contributed by atoms with Crippen molar-refractivity contribution in [3.63, 3.8) is 0 Å². The first-order chi connectivity index (χ1) is 13.4. The number of hydrogen-bond donors (Lipinski definition) is 2. The minimum Gasteiger partial charge on any atom is -0.387 e. The van der Waals surface area contributed by atoms with Crippen LogP contribution in [0.1, 0.15) is 5.69 Å². The van der Waals surface area contributed by atoms with E-state index in [2.05, 4.69) is 25.5 Å². The zero-order valence-corrected chi connectivity index (χ0v) is 14.4. The molecule has 0 saturated carbocycles. The Morgan fingerprint density at radius 2 is 1.86 bits per heavy atom. The lowest BCUT2D eigenvalue weighted by Gasteiger charge is -2.17. The van der Waals surface area contributed by atoms with Gasteiger partial charge in [0.05, 0.1) is 11.4 Å². The molecule has 0 fully saturated rings. The van der Waals surface area contributed by atoms with Crippen LogP contribution in [0.5, 0.6) is 0 Å². The molecule has 0 amide bonds. The quantitative estimate of drug-likeness (QED) is 0.564. The summed E-state index contributed by atoms with van der Waals surface area (Å²) in [6.07, 6.45) is -3.33. The number of halogens is 3. The van der Waals surface area contributed by atoms with Crippen LogP contribution in [0.25, 0.3) is 28.1 Å². The molecule has 0 aliphatic carbocycles. The van der Waals surface area contributed by atoms with Crippen molar-refractivity contribution in [2.24, 2.45) is 0 Å². The van der Waals surface area contributed by atoms with Gasteiger partial charge in [-0.1, -0.05) is 18.2 Å². The van der Waals surface area contributed by atoms with Gasteiger partial charge in [0.15, 0.2) is 5.82 Å². The van der Waals surface area contributed by atoms with Gasteiger partial charge in [-0.25, -0.2) is 4.98 Å². The first-order valence-electron chi connectivity index (χ1n) is 8.18. The number of nitrogens with zero attached hydrogens (tertiary/aromatic N) is 4. The Balaban J connectivity index is 2.20. The highest BCUT2D eigenvalue weighted by Crippen LogP contribution is 2.34. The second kappa shape index (κ2) is 6.48. The van der Waals surface area contributed by atoms with Crippen molar-refractivity contribution >= 4 is 16.7 Å². The summed E-state index contributed by atoms with van der Waals surface area (Å²) in [5, 5.41) is 10.8. The van der Waals surface area contributed by atoms with Crippen LogP contribution < -0.4 is 10.9 Å². The summed E-state index contributed by atoms with van der Waals surface area (Å²) in [7, 11) is 1.57. The number of benzene rings is 1. The van der Waals surface area contributed by atoms with Gasteiger partial charge in [0.25, 0.3) is 5.56 Å². The van der Waals surface area contributed by atoms with E-state index < -0.39 is 17.4 Å². The van der Waals surface area contributed by atoms with Crippen molar-refractivity contribution in [1.29, 1.82) is 0 Å². The van der Waals surface area contributed by atoms with Gasteiger partial charge in [0.1, 0.15) is 23.2 Å². The van der Waals surface area contributed by atoms with E-state index in [0.29, 0.717) is 16.8 Å². The number of fused-ring (bicyclic) bond motifs is 1. The average Bonchev–Trinajstić information content (AvgIpc) is 3.20. The number of hydrogen-bond acceptors (Lipinski definition) is 5. The number of nitrogens with one attached hydrogen (secondary N) is 2. The van der Waals surface area contributed by atoms with Gasteiger partial charge >= 0.3 is 6.18 Å². The number of para-hydroxylation sites is 1. The Bertz CT molecular complexity index is 1200. The van der Waals surface area contributed by atoms with Crippen LogP contribution in [-0.2, 0) is 6.18 Å². The van der Waals surface area contributed by atoms with Crippen LogP contribution >= 0.6 is 0 Å². The van der Waals surface area contributed by atoms with Crippen LogP contribution in [0.2, 0.25) is 0 Å². The van der Waals surface area contributed by atoms with Gasteiger partial charge < -0.3 is 10.3 Å². The Kier molecular flexibility index (Phi) is 4.10. The molecule has 0 bridgehead atoms. The third kappa shape index (κ3) is 2.79. The normalized spacial score (nSPS) is 11.7. The summed E-state index contributed by atoms with van der Waals surface area (Å²) in [5.74, 6) is 0.195. The van der Waals surface area contributed by atoms with Crippen molar-refractivity contribution in [1.82, 2.24) is 24.7 Å². The number of pyridine rings is 2. The molecule has 0 aliphatic rings. The number of H-pyrrole nitrogens is 1. The SMILES string of the molecule is CNc1c(-c2nnc[nH]2)c(=O)n(-c2ccccc2)c2nc(C(F)(F)F)ccc12. The maximum Gasteiger partial charge on any atom is 0.433 e. The molecule has 0 unspecified atom stereocenters. The lowest BCUT2D eigenvalue weighted by atomic mass is 10.1. The minimum atomic E-state index is -4.64. The largest absolute Gasteiger partial charge is 0.433 e. The van der Waals surface area contributed by atoms with Gasteiger partial charge in [-0.3, -0.25) is 9.36 Å². The van der Waals surface area contributed by atoms with Crippen LogP contribution in [0.3, 0.4) is 0 Å². The Hall–Kier alpha value is -3.69. The maximum absolute atomic E-state index is 13.3. The minimum absolute atomic E-state index is 0.112. The molecule has 3 heterocycles. The third-order valence-electron chi connectivity index (χ3n) is 4.23. The number of anilines is 1. The number of alkyl halides is 3. The van der Waals surface area contributed by atoms with E-state index in [1.807, 2.05) is 0 Å². The van der Waals surface area contributed by atoms with E-state index in [1.54, 1.807) is 37.4 Å². The lowest BCUT2D eigenvalue weighted by Crippen LogP contribution is -2.24. The average molecular weight is 386 g/mol. The summed E-state index contributed by atoms with van der Waals surface area (Å²) >= 11 is 0. The first kappa shape index (κ1) is 17.7. The van der Waals surface area contributed by atoms with E-state index >= 15 is 0 Å². The molecular weight excluding hydrogens is 373 g/mol. The lowest BCUT2D eigenvalue weighted by molar-refractivity contribution is -0.141. The van der Waals surface area contributed by atoms with Gasteiger partial charge in [0.2, 0.25) is 0 Å². The van der Waals surface area contributed by atoms with Crippen molar-refractivity contribution in [2.75, 3.05) is 12.4 Å². The molecule has 4 rings (SSSR count). The number of aromatic nitrogens is 5. The molecule has 2 N–H and O–H groups in total. The summed E-state index contributed by atoms with van der Waals surface area (Å²) in [6, 6.07) is 10.5. The molecule has 0 spiro atoms. The van der Waals surface area contributed by atoms with Gasteiger partial charge in [0, 0.05) is 12.4 Å². The fourth-order valence-electron chi connectivity index (χ4n) is 3.05. The van der Waals surface area contributed by atoms with E-state index in [-0.39, 0.29) is 17.0 Å². The Morgan fingerprint density at radius 1 is 1.11 bits per heavy atom. The van der Waals surface area contributed by atoms with E-state index in [1.165, 1.54) is 12.4 Å². The zero-order valence-electron chi connectivity index (χ0n) is 14.4. The smallest absolute Gasteiger partial charge is 0.387 e. The molecule has 0 radical (unpaired) electrons. The summed E-state index contributed by atoms with van der Waals surface area (Å²) in [6.45, 7) is 0. The van der Waals surface area contributed by atoms with Gasteiger partial charge in [-0.05, 0) is 24.3 Å². The summed E-state index contributed by atoms with van der Waals surface area (Å²) in [5.41, 5.74) is -0.931. The van der Waals surface area contributed by atoms with Gasteiger partial charge in [-0.2, -0.15) is 13.2 Å². The molecule has 1 aromatic carbocycles. The van der Waals surface area contributed by atoms with Crippen LogP contribution in [0.4, 0.5) is 18.9 Å². The molecule has 3 aromatic heterocycles. The molecule has 0 saturated heterocycles.